The first kappa shape index (κ1) is 18.0. The smallest absolute Gasteiger partial charge is 0.407 e. The Kier molecular flexibility index (Phi) is 5.46. The molecule has 7 nitrogen and oxygen atoms in total. The molecule has 1 fully saturated rings. The van der Waals surface area contributed by atoms with Crippen LogP contribution in [0, 0.1) is 12.8 Å². The Morgan fingerprint density at radius 2 is 2.20 bits per heavy atom. The van der Waals surface area contributed by atoms with Gasteiger partial charge in [-0.15, -0.1) is 0 Å². The number of nitrogens with zero attached hydrogens (tertiary/aromatic N) is 3. The third-order valence-corrected chi connectivity index (χ3v) is 4.84. The van der Waals surface area contributed by atoms with Gasteiger partial charge in [-0.2, -0.15) is 4.98 Å². The molecular formula is C16H17Cl2N3O4. The fraction of sp³-hybridized carbons (Fsp3) is 0.438. The zero-order chi connectivity index (χ0) is 18.0. The van der Waals surface area contributed by atoms with Gasteiger partial charge in [-0.3, -0.25) is 0 Å². The second-order valence-electron chi connectivity index (χ2n) is 5.89. The highest BCUT2D eigenvalue weighted by Gasteiger charge is 2.32. The molecule has 0 aliphatic carbocycles. The fourth-order valence-corrected chi connectivity index (χ4v) is 3.26. The summed E-state index contributed by atoms with van der Waals surface area (Å²) in [6.07, 6.45) is -0.905. The summed E-state index contributed by atoms with van der Waals surface area (Å²) >= 11 is 12.1. The largest absolute Gasteiger partial charge is 0.465 e. The van der Waals surface area contributed by atoms with Crippen molar-refractivity contribution in [2.45, 2.75) is 19.4 Å². The number of ether oxygens (including phenoxy) is 1. The van der Waals surface area contributed by atoms with E-state index in [2.05, 4.69) is 10.1 Å². The monoisotopic (exact) mass is 385 g/mol. The number of rotatable bonds is 3. The highest BCUT2D eigenvalue weighted by Crippen LogP contribution is 2.34. The van der Waals surface area contributed by atoms with E-state index in [1.54, 1.807) is 19.1 Å². The van der Waals surface area contributed by atoms with E-state index in [1.165, 1.54) is 4.90 Å². The van der Waals surface area contributed by atoms with Gasteiger partial charge in [0.1, 0.15) is 0 Å². The maximum atomic E-state index is 11.4. The Hall–Kier alpha value is -1.83. The molecular weight excluding hydrogens is 369 g/mol. The number of hydrogen-bond donors (Lipinski definition) is 1. The van der Waals surface area contributed by atoms with Crippen LogP contribution in [-0.4, -0.2) is 45.9 Å². The van der Waals surface area contributed by atoms with E-state index in [4.69, 9.17) is 32.5 Å². The van der Waals surface area contributed by atoms with E-state index in [-0.39, 0.29) is 12.0 Å². The van der Waals surface area contributed by atoms with Gasteiger partial charge in [-0.25, -0.2) is 4.79 Å². The zero-order valence-electron chi connectivity index (χ0n) is 13.5. The first-order valence-electron chi connectivity index (χ1n) is 7.77. The van der Waals surface area contributed by atoms with E-state index >= 15 is 0 Å². The maximum Gasteiger partial charge on any atom is 0.407 e. The summed E-state index contributed by atoms with van der Waals surface area (Å²) in [6, 6.07) is 5.29. The third kappa shape index (κ3) is 4.23. The average Bonchev–Trinajstić information content (AvgIpc) is 2.85. The number of carboxylic acid groups (broad SMARTS) is 1. The highest BCUT2D eigenvalue weighted by atomic mass is 35.5. The average molecular weight is 386 g/mol. The predicted molar refractivity (Wildman–Crippen MR) is 91.0 cm³/mol. The Morgan fingerprint density at radius 3 is 2.84 bits per heavy atom. The van der Waals surface area contributed by atoms with Crippen molar-refractivity contribution in [3.05, 3.63) is 45.5 Å². The molecule has 2 aromatic rings. The highest BCUT2D eigenvalue weighted by molar-refractivity contribution is 6.42. The first-order chi connectivity index (χ1) is 11.9. The van der Waals surface area contributed by atoms with Gasteiger partial charge in [-0.1, -0.05) is 34.4 Å². The van der Waals surface area contributed by atoms with Crippen molar-refractivity contribution in [2.24, 2.45) is 5.92 Å². The molecule has 0 unspecified atom stereocenters. The van der Waals surface area contributed by atoms with Crippen LogP contribution < -0.4 is 0 Å². The van der Waals surface area contributed by atoms with Gasteiger partial charge < -0.3 is 19.3 Å². The van der Waals surface area contributed by atoms with Crippen molar-refractivity contribution in [2.75, 3.05) is 19.7 Å². The van der Waals surface area contributed by atoms with Gasteiger partial charge in [-0.05, 0) is 17.7 Å². The summed E-state index contributed by atoms with van der Waals surface area (Å²) in [5.41, 5.74) is 0.840. The van der Waals surface area contributed by atoms with Crippen LogP contribution >= 0.6 is 23.2 Å². The number of benzene rings is 1. The van der Waals surface area contributed by atoms with Gasteiger partial charge in [0, 0.05) is 32.4 Å². The molecule has 1 amide bonds. The van der Waals surface area contributed by atoms with E-state index in [0.29, 0.717) is 47.9 Å². The molecule has 25 heavy (non-hydrogen) atoms. The Bertz CT molecular complexity index is 768. The number of aromatic nitrogens is 2. The number of amides is 1. The summed E-state index contributed by atoms with van der Waals surface area (Å²) in [5.74, 6) is 0.793. The molecule has 1 saturated heterocycles. The molecule has 1 aliphatic heterocycles. The van der Waals surface area contributed by atoms with Crippen molar-refractivity contribution in [3.8, 4) is 0 Å². The number of hydrogen-bond acceptors (Lipinski definition) is 5. The van der Waals surface area contributed by atoms with Crippen LogP contribution in [0.4, 0.5) is 4.79 Å². The summed E-state index contributed by atoms with van der Waals surface area (Å²) in [7, 11) is 0. The first-order valence-corrected chi connectivity index (χ1v) is 8.53. The molecule has 134 valence electrons. The molecule has 9 heteroatoms. The van der Waals surface area contributed by atoms with Crippen LogP contribution in [0.1, 0.15) is 23.4 Å². The van der Waals surface area contributed by atoms with Crippen LogP contribution in [0.3, 0.4) is 0 Å². The lowest BCUT2D eigenvalue weighted by Crippen LogP contribution is -2.35. The van der Waals surface area contributed by atoms with Crippen molar-refractivity contribution < 1.29 is 19.2 Å². The molecule has 2 heterocycles. The third-order valence-electron chi connectivity index (χ3n) is 4.10. The number of aryl methyl sites for hydroxylation is 1. The van der Waals surface area contributed by atoms with E-state index < -0.39 is 6.09 Å². The van der Waals surface area contributed by atoms with Gasteiger partial charge in [0.25, 0.3) is 0 Å². The molecule has 0 spiro atoms. The van der Waals surface area contributed by atoms with Gasteiger partial charge in [0.15, 0.2) is 5.82 Å². The van der Waals surface area contributed by atoms with Crippen LogP contribution in [-0.2, 0) is 11.2 Å². The fourth-order valence-electron chi connectivity index (χ4n) is 2.96. The molecule has 1 aliphatic rings. The molecule has 0 saturated carbocycles. The van der Waals surface area contributed by atoms with E-state index in [9.17, 15) is 9.90 Å². The van der Waals surface area contributed by atoms with Gasteiger partial charge in [0.05, 0.1) is 22.8 Å². The van der Waals surface area contributed by atoms with Crippen LogP contribution in [0.2, 0.25) is 10.0 Å². The van der Waals surface area contributed by atoms with Crippen LogP contribution in [0.15, 0.2) is 22.7 Å². The second kappa shape index (κ2) is 7.59. The summed E-state index contributed by atoms with van der Waals surface area (Å²) in [6.45, 7) is 2.60. The SMILES string of the molecule is Cc1nc(C[C@@H]2CN(C(=O)O)CCO[C@H]2c2ccc(Cl)c(Cl)c2)no1. The standard InChI is InChI=1S/C16H17Cl2N3O4/c1-9-19-14(20-25-9)7-11-8-21(16(22)23)4-5-24-15(11)10-2-3-12(17)13(18)6-10/h2-3,6,11,15H,4-5,7-8H2,1H3,(H,22,23)/t11-,15+/m1/s1. The maximum absolute atomic E-state index is 11.4. The van der Waals surface area contributed by atoms with Crippen molar-refractivity contribution >= 4 is 29.3 Å². The number of carbonyl (C=O) groups is 1. The van der Waals surface area contributed by atoms with Crippen molar-refractivity contribution in [3.63, 3.8) is 0 Å². The topological polar surface area (TPSA) is 88.7 Å². The summed E-state index contributed by atoms with van der Waals surface area (Å²) in [5, 5.41) is 14.2. The van der Waals surface area contributed by atoms with Gasteiger partial charge in [0.2, 0.25) is 5.89 Å². The zero-order valence-corrected chi connectivity index (χ0v) is 15.0. The van der Waals surface area contributed by atoms with Crippen LogP contribution in [0.25, 0.3) is 0 Å². The minimum atomic E-state index is -0.979. The second-order valence-corrected chi connectivity index (χ2v) is 6.70. The van der Waals surface area contributed by atoms with Crippen molar-refractivity contribution in [1.82, 2.24) is 15.0 Å². The van der Waals surface area contributed by atoms with Crippen molar-refractivity contribution in [1.29, 1.82) is 0 Å². The Morgan fingerprint density at radius 1 is 1.40 bits per heavy atom. The molecule has 2 atom stereocenters. The molecule has 0 bridgehead atoms. The quantitative estimate of drug-likeness (QED) is 0.867. The number of halogens is 2. The minimum Gasteiger partial charge on any atom is -0.465 e. The molecule has 1 N–H and O–H groups in total. The van der Waals surface area contributed by atoms with E-state index in [0.717, 1.165) is 5.56 Å². The van der Waals surface area contributed by atoms with Gasteiger partial charge >= 0.3 is 6.09 Å². The van der Waals surface area contributed by atoms with E-state index in [1.807, 2.05) is 6.07 Å². The summed E-state index contributed by atoms with van der Waals surface area (Å²) < 4.78 is 11.0. The molecule has 1 aromatic heterocycles. The lowest BCUT2D eigenvalue weighted by molar-refractivity contribution is 0.0299. The minimum absolute atomic E-state index is 0.187. The normalized spacial score (nSPS) is 21.2. The lowest BCUT2D eigenvalue weighted by atomic mass is 9.92. The Balaban J connectivity index is 1.91. The molecule has 0 radical (unpaired) electrons. The van der Waals surface area contributed by atoms with Crippen LogP contribution in [0.5, 0.6) is 0 Å². The molecule has 3 rings (SSSR count). The predicted octanol–water partition coefficient (Wildman–Crippen LogP) is 3.60. The summed E-state index contributed by atoms with van der Waals surface area (Å²) in [4.78, 5) is 17.0. The Labute approximate surface area is 154 Å². The lowest BCUT2D eigenvalue weighted by Gasteiger charge is -2.26. The molecule has 1 aromatic carbocycles.